The Morgan fingerprint density at radius 1 is 1.27 bits per heavy atom. The largest absolute Gasteiger partial charge is 0.312 e. The number of carbonyl (C=O) groups excluding carboxylic acids is 1. The number of benzene rings is 1. The van der Waals surface area contributed by atoms with Gasteiger partial charge < -0.3 is 10.2 Å². The second-order valence-electron chi connectivity index (χ2n) is 6.11. The minimum atomic E-state index is 0.0868. The highest BCUT2D eigenvalue weighted by Crippen LogP contribution is 2.33. The van der Waals surface area contributed by atoms with Crippen molar-refractivity contribution in [2.75, 3.05) is 11.4 Å². The topological polar surface area (TPSA) is 45.2 Å². The van der Waals surface area contributed by atoms with Crippen molar-refractivity contribution < 1.29 is 4.79 Å². The summed E-state index contributed by atoms with van der Waals surface area (Å²) < 4.78 is 0. The number of nitrogens with zero attached hydrogens (tertiary/aromatic N) is 2. The number of carbonyl (C=O) groups is 1. The molecule has 0 bridgehead atoms. The van der Waals surface area contributed by atoms with Gasteiger partial charge in [-0.1, -0.05) is 18.2 Å². The van der Waals surface area contributed by atoms with E-state index in [2.05, 4.69) is 23.3 Å². The molecule has 0 spiro atoms. The van der Waals surface area contributed by atoms with Gasteiger partial charge in [-0.15, -0.1) is 0 Å². The molecule has 1 unspecified atom stereocenters. The van der Waals surface area contributed by atoms with Gasteiger partial charge in [-0.25, -0.2) is 0 Å². The fourth-order valence-electron chi connectivity index (χ4n) is 3.60. The zero-order chi connectivity index (χ0) is 15.1. The lowest BCUT2D eigenvalue weighted by atomic mass is 9.97. The molecule has 22 heavy (non-hydrogen) atoms. The molecule has 0 fully saturated rings. The molecule has 112 valence electrons. The molecule has 2 aliphatic rings. The summed E-state index contributed by atoms with van der Waals surface area (Å²) in [5.41, 5.74) is 5.38. The fourth-order valence-corrected chi connectivity index (χ4v) is 3.60. The lowest BCUT2D eigenvalue weighted by Gasteiger charge is -2.26. The first-order valence-corrected chi connectivity index (χ1v) is 7.83. The molecule has 2 aliphatic heterocycles. The van der Waals surface area contributed by atoms with E-state index in [0.29, 0.717) is 0 Å². The van der Waals surface area contributed by atoms with Crippen molar-refractivity contribution in [3.8, 4) is 0 Å². The highest BCUT2D eigenvalue weighted by Gasteiger charge is 2.32. The predicted molar refractivity (Wildman–Crippen MR) is 86.1 cm³/mol. The smallest absolute Gasteiger partial charge is 0.260 e. The van der Waals surface area contributed by atoms with Crippen molar-refractivity contribution in [1.29, 1.82) is 0 Å². The van der Waals surface area contributed by atoms with Crippen LogP contribution in [0, 0.1) is 0 Å². The fraction of sp³-hybridized carbons (Fsp3) is 0.333. The summed E-state index contributed by atoms with van der Waals surface area (Å²) >= 11 is 0. The van der Waals surface area contributed by atoms with Gasteiger partial charge in [-0.05, 0) is 49.1 Å². The Kier molecular flexibility index (Phi) is 3.19. The predicted octanol–water partition coefficient (Wildman–Crippen LogP) is 2.32. The number of aromatic nitrogens is 1. The van der Waals surface area contributed by atoms with Gasteiger partial charge in [0.05, 0.1) is 5.56 Å². The van der Waals surface area contributed by atoms with E-state index in [1.807, 2.05) is 29.3 Å². The molecule has 0 aliphatic carbocycles. The second-order valence-corrected chi connectivity index (χ2v) is 6.11. The molecular formula is C18H19N3O. The Balaban J connectivity index is 1.77. The summed E-state index contributed by atoms with van der Waals surface area (Å²) in [5.74, 6) is 0.0868. The van der Waals surface area contributed by atoms with Crippen LogP contribution in [0.15, 0.2) is 36.7 Å². The summed E-state index contributed by atoms with van der Waals surface area (Å²) in [4.78, 5) is 19.4. The van der Waals surface area contributed by atoms with Crippen LogP contribution in [0.4, 0.5) is 5.69 Å². The van der Waals surface area contributed by atoms with Gasteiger partial charge >= 0.3 is 0 Å². The quantitative estimate of drug-likeness (QED) is 0.877. The molecular weight excluding hydrogens is 274 g/mol. The van der Waals surface area contributed by atoms with Crippen LogP contribution in [0.1, 0.15) is 34.0 Å². The van der Waals surface area contributed by atoms with Crippen molar-refractivity contribution in [2.45, 2.75) is 32.4 Å². The molecule has 1 N–H and O–H groups in total. The Morgan fingerprint density at radius 3 is 3.05 bits per heavy atom. The van der Waals surface area contributed by atoms with E-state index in [-0.39, 0.29) is 11.9 Å². The van der Waals surface area contributed by atoms with Crippen LogP contribution < -0.4 is 10.2 Å². The first-order chi connectivity index (χ1) is 10.8. The average molecular weight is 293 g/mol. The minimum absolute atomic E-state index is 0.0868. The van der Waals surface area contributed by atoms with E-state index >= 15 is 0 Å². The van der Waals surface area contributed by atoms with Gasteiger partial charge in [0.2, 0.25) is 0 Å². The standard InChI is InChI=1S/C18H19N3O/c1-12-8-13-4-2-3-5-17(13)21(12)18(22)16-11-20-10-14-9-19-7-6-15(14)16/h2-5,10-12,19H,6-9H2,1H3. The van der Waals surface area contributed by atoms with Crippen LogP contribution in [-0.4, -0.2) is 23.5 Å². The highest BCUT2D eigenvalue weighted by molar-refractivity contribution is 6.08. The van der Waals surface area contributed by atoms with Crippen molar-refractivity contribution in [1.82, 2.24) is 10.3 Å². The SMILES string of the molecule is CC1Cc2ccccc2N1C(=O)c1cncc2c1CCNC2. The molecule has 1 amide bonds. The number of anilines is 1. The monoisotopic (exact) mass is 293 g/mol. The lowest BCUT2D eigenvalue weighted by Crippen LogP contribution is -2.37. The van der Waals surface area contributed by atoms with Crippen LogP contribution in [-0.2, 0) is 19.4 Å². The van der Waals surface area contributed by atoms with Gasteiger partial charge in [0, 0.05) is 30.7 Å². The normalized spacial score (nSPS) is 19.7. The number of hydrogen-bond acceptors (Lipinski definition) is 3. The molecule has 0 radical (unpaired) electrons. The summed E-state index contributed by atoms with van der Waals surface area (Å²) in [6.07, 6.45) is 5.43. The van der Waals surface area contributed by atoms with Crippen LogP contribution in [0.2, 0.25) is 0 Å². The summed E-state index contributed by atoms with van der Waals surface area (Å²) in [5, 5.41) is 3.34. The van der Waals surface area contributed by atoms with Crippen LogP contribution in [0.3, 0.4) is 0 Å². The van der Waals surface area contributed by atoms with Gasteiger partial charge in [-0.3, -0.25) is 9.78 Å². The maximum atomic E-state index is 13.2. The maximum absolute atomic E-state index is 13.2. The van der Waals surface area contributed by atoms with Crippen molar-refractivity contribution in [2.24, 2.45) is 0 Å². The van der Waals surface area contributed by atoms with Gasteiger partial charge in [0.25, 0.3) is 5.91 Å². The number of pyridine rings is 1. The molecule has 4 heteroatoms. The lowest BCUT2D eigenvalue weighted by molar-refractivity contribution is 0.0980. The molecule has 0 saturated heterocycles. The van der Waals surface area contributed by atoms with Gasteiger partial charge in [-0.2, -0.15) is 0 Å². The van der Waals surface area contributed by atoms with E-state index in [1.54, 1.807) is 6.20 Å². The Bertz CT molecular complexity index is 741. The minimum Gasteiger partial charge on any atom is -0.312 e. The second kappa shape index (κ2) is 5.21. The van der Waals surface area contributed by atoms with Gasteiger partial charge in [0.15, 0.2) is 0 Å². The molecule has 2 aromatic rings. The molecule has 4 nitrogen and oxygen atoms in total. The summed E-state index contributed by atoms with van der Waals surface area (Å²) in [7, 11) is 0. The third kappa shape index (κ3) is 2.03. The Morgan fingerprint density at radius 2 is 2.14 bits per heavy atom. The Hall–Kier alpha value is -2.20. The van der Waals surface area contributed by atoms with Crippen molar-refractivity contribution >= 4 is 11.6 Å². The van der Waals surface area contributed by atoms with E-state index in [9.17, 15) is 4.79 Å². The summed E-state index contributed by atoms with van der Waals surface area (Å²) in [6, 6.07) is 8.39. The number of hydrogen-bond donors (Lipinski definition) is 1. The molecule has 3 heterocycles. The number of fused-ring (bicyclic) bond motifs is 2. The van der Waals surface area contributed by atoms with E-state index in [1.165, 1.54) is 5.56 Å². The molecule has 0 saturated carbocycles. The average Bonchev–Trinajstić information content (AvgIpc) is 2.89. The number of nitrogens with one attached hydrogen (secondary N) is 1. The first-order valence-electron chi connectivity index (χ1n) is 7.83. The van der Waals surface area contributed by atoms with Crippen molar-refractivity contribution in [3.05, 3.63) is 58.9 Å². The third-order valence-corrected chi connectivity index (χ3v) is 4.67. The first kappa shape index (κ1) is 13.5. The molecule has 1 atom stereocenters. The molecule has 4 rings (SSSR count). The van der Waals surface area contributed by atoms with E-state index in [0.717, 1.165) is 48.3 Å². The number of rotatable bonds is 1. The number of amides is 1. The summed E-state index contributed by atoms with van der Waals surface area (Å²) in [6.45, 7) is 3.83. The molecule has 1 aromatic heterocycles. The van der Waals surface area contributed by atoms with Crippen molar-refractivity contribution in [3.63, 3.8) is 0 Å². The Labute approximate surface area is 130 Å². The van der Waals surface area contributed by atoms with Gasteiger partial charge in [0.1, 0.15) is 0 Å². The van der Waals surface area contributed by atoms with E-state index < -0.39 is 0 Å². The number of para-hydroxylation sites is 1. The van der Waals surface area contributed by atoms with Crippen LogP contribution in [0.25, 0.3) is 0 Å². The van der Waals surface area contributed by atoms with Crippen LogP contribution >= 0.6 is 0 Å². The van der Waals surface area contributed by atoms with E-state index in [4.69, 9.17) is 0 Å². The zero-order valence-electron chi connectivity index (χ0n) is 12.7. The highest BCUT2D eigenvalue weighted by atomic mass is 16.2. The molecule has 1 aromatic carbocycles. The zero-order valence-corrected chi connectivity index (χ0v) is 12.7. The third-order valence-electron chi connectivity index (χ3n) is 4.67. The maximum Gasteiger partial charge on any atom is 0.260 e. The van der Waals surface area contributed by atoms with Crippen LogP contribution in [0.5, 0.6) is 0 Å².